The fourth-order valence-corrected chi connectivity index (χ4v) is 0.767. The molecule has 0 heterocycles. The monoisotopic (exact) mass is 163 g/mol. The van der Waals surface area contributed by atoms with Crippen LogP contribution < -0.4 is 5.73 Å². The minimum atomic E-state index is -1.44. The van der Waals surface area contributed by atoms with E-state index in [0.29, 0.717) is 0 Å². The van der Waals surface area contributed by atoms with Crippen LogP contribution in [0, 0.1) is 0 Å². The summed E-state index contributed by atoms with van der Waals surface area (Å²) in [6.07, 6.45) is -1.79. The number of hydrogen-bond donors (Lipinski definition) is 4. The average Bonchev–Trinajstić information content (AvgIpc) is 1.85. The second-order valence-electron chi connectivity index (χ2n) is 3.17. The molecule has 0 aromatic heterocycles. The molecule has 0 aliphatic carbocycles. The van der Waals surface area contributed by atoms with E-state index in [1.807, 2.05) is 0 Å². The Bertz CT molecular complexity index is 123. The van der Waals surface area contributed by atoms with Crippen molar-refractivity contribution in [1.82, 2.24) is 0 Å². The van der Waals surface area contributed by atoms with Crippen molar-refractivity contribution in [2.75, 3.05) is 0 Å². The molecule has 0 fully saturated rings. The summed E-state index contributed by atoms with van der Waals surface area (Å²) in [7, 11) is 0. The summed E-state index contributed by atoms with van der Waals surface area (Å²) in [6, 6.07) is -0.831. The Morgan fingerprint density at radius 3 is 1.73 bits per heavy atom. The molecule has 0 spiro atoms. The molecule has 0 aromatic carbocycles. The van der Waals surface area contributed by atoms with Crippen molar-refractivity contribution >= 4 is 0 Å². The fraction of sp³-hybridized carbons (Fsp3) is 1.00. The lowest BCUT2D eigenvalue weighted by atomic mass is 9.89. The molecule has 4 atom stereocenters. The van der Waals surface area contributed by atoms with Gasteiger partial charge in [0.2, 0.25) is 0 Å². The van der Waals surface area contributed by atoms with E-state index in [9.17, 15) is 5.11 Å². The van der Waals surface area contributed by atoms with E-state index in [4.69, 9.17) is 15.9 Å². The third kappa shape index (κ3) is 2.41. The Kier molecular flexibility index (Phi) is 3.44. The average molecular weight is 163 g/mol. The molecule has 0 rings (SSSR count). The summed E-state index contributed by atoms with van der Waals surface area (Å²) in [5, 5.41) is 27.6. The van der Waals surface area contributed by atoms with Gasteiger partial charge in [0.25, 0.3) is 0 Å². The van der Waals surface area contributed by atoms with Crippen LogP contribution in [0.15, 0.2) is 0 Å². The lowest BCUT2D eigenvalue weighted by Crippen LogP contribution is -2.57. The predicted octanol–water partition coefficient (Wildman–Crippen LogP) is -1.17. The van der Waals surface area contributed by atoms with Crippen LogP contribution in [0.3, 0.4) is 0 Å². The summed E-state index contributed by atoms with van der Waals surface area (Å²) in [6.45, 7) is 4.30. The van der Waals surface area contributed by atoms with Gasteiger partial charge in [0, 0.05) is 0 Å². The molecule has 11 heavy (non-hydrogen) atoms. The minimum absolute atomic E-state index is 0.831. The zero-order valence-corrected chi connectivity index (χ0v) is 7.15. The van der Waals surface area contributed by atoms with Crippen LogP contribution in [0.4, 0.5) is 0 Å². The molecule has 4 heteroatoms. The zero-order chi connectivity index (χ0) is 9.23. The van der Waals surface area contributed by atoms with Crippen molar-refractivity contribution in [3.8, 4) is 0 Å². The predicted molar refractivity (Wildman–Crippen MR) is 42.0 cm³/mol. The van der Waals surface area contributed by atoms with Crippen molar-refractivity contribution < 1.29 is 15.3 Å². The van der Waals surface area contributed by atoms with Crippen LogP contribution in [0.2, 0.25) is 0 Å². The topological polar surface area (TPSA) is 86.7 Å². The molecule has 0 saturated carbocycles. The van der Waals surface area contributed by atoms with E-state index in [1.54, 1.807) is 0 Å². The molecule has 68 valence electrons. The third-order valence-corrected chi connectivity index (χ3v) is 2.04. The summed E-state index contributed by atoms with van der Waals surface area (Å²) < 4.78 is 0. The van der Waals surface area contributed by atoms with Crippen LogP contribution >= 0.6 is 0 Å². The molecule has 4 unspecified atom stereocenters. The molecule has 0 aliphatic rings. The molecule has 0 radical (unpaired) electrons. The molecule has 0 amide bonds. The summed E-state index contributed by atoms with van der Waals surface area (Å²) in [5.41, 5.74) is 4.00. The van der Waals surface area contributed by atoms with E-state index >= 15 is 0 Å². The van der Waals surface area contributed by atoms with Gasteiger partial charge < -0.3 is 21.1 Å². The molecule has 0 saturated heterocycles. The highest BCUT2D eigenvalue weighted by molar-refractivity contribution is 4.92. The second kappa shape index (κ2) is 3.49. The van der Waals surface area contributed by atoms with Crippen LogP contribution in [-0.2, 0) is 0 Å². The molecule has 0 bridgehead atoms. The lowest BCUT2D eigenvalue weighted by molar-refractivity contribution is -0.0913. The Morgan fingerprint density at radius 1 is 1.27 bits per heavy atom. The number of rotatable bonds is 3. The van der Waals surface area contributed by atoms with Gasteiger partial charge in [-0.15, -0.1) is 0 Å². The van der Waals surface area contributed by atoms with E-state index in [0.717, 1.165) is 0 Å². The number of hydrogen-bond acceptors (Lipinski definition) is 4. The molecule has 4 nitrogen and oxygen atoms in total. The van der Waals surface area contributed by atoms with Crippen LogP contribution in [0.25, 0.3) is 0 Å². The Balaban J connectivity index is 4.29. The van der Waals surface area contributed by atoms with Gasteiger partial charge in [-0.1, -0.05) is 0 Å². The SMILES string of the molecule is CC(O)C(N)C(C)(O)C(C)O. The maximum absolute atomic E-state index is 9.50. The van der Waals surface area contributed by atoms with Crippen molar-refractivity contribution in [1.29, 1.82) is 0 Å². The van der Waals surface area contributed by atoms with Crippen LogP contribution in [-0.4, -0.2) is 39.2 Å². The normalized spacial score (nSPS) is 25.4. The molecule has 0 aromatic rings. The van der Waals surface area contributed by atoms with Crippen molar-refractivity contribution in [2.24, 2.45) is 5.73 Å². The van der Waals surface area contributed by atoms with E-state index < -0.39 is 23.9 Å². The van der Waals surface area contributed by atoms with Gasteiger partial charge in [-0.2, -0.15) is 0 Å². The fourth-order valence-electron chi connectivity index (χ4n) is 0.767. The summed E-state index contributed by atoms with van der Waals surface area (Å²) in [5.74, 6) is 0. The number of aliphatic hydroxyl groups excluding tert-OH is 2. The molecular formula is C7H17NO3. The highest BCUT2D eigenvalue weighted by Gasteiger charge is 2.36. The highest BCUT2D eigenvalue weighted by Crippen LogP contribution is 2.15. The Labute approximate surface area is 66.7 Å². The first-order chi connectivity index (χ1) is 4.80. The quantitative estimate of drug-likeness (QED) is 0.422. The summed E-state index contributed by atoms with van der Waals surface area (Å²) >= 11 is 0. The molecule has 0 aliphatic heterocycles. The number of nitrogens with two attached hydrogens (primary N) is 1. The van der Waals surface area contributed by atoms with Crippen molar-refractivity contribution in [3.63, 3.8) is 0 Å². The van der Waals surface area contributed by atoms with Crippen molar-refractivity contribution in [2.45, 2.75) is 44.6 Å². The number of aliphatic hydroxyl groups is 3. The third-order valence-electron chi connectivity index (χ3n) is 2.04. The van der Waals surface area contributed by atoms with Gasteiger partial charge in [-0.3, -0.25) is 0 Å². The first kappa shape index (κ1) is 10.8. The smallest absolute Gasteiger partial charge is 0.105 e. The Hall–Kier alpha value is -0.160. The summed E-state index contributed by atoms with van der Waals surface area (Å²) in [4.78, 5) is 0. The van der Waals surface area contributed by atoms with Crippen LogP contribution in [0.5, 0.6) is 0 Å². The van der Waals surface area contributed by atoms with Crippen LogP contribution in [0.1, 0.15) is 20.8 Å². The second-order valence-corrected chi connectivity index (χ2v) is 3.17. The molecule has 5 N–H and O–H groups in total. The highest BCUT2D eigenvalue weighted by atomic mass is 16.3. The maximum Gasteiger partial charge on any atom is 0.105 e. The Morgan fingerprint density at radius 2 is 1.64 bits per heavy atom. The van der Waals surface area contributed by atoms with E-state index in [2.05, 4.69) is 0 Å². The van der Waals surface area contributed by atoms with Gasteiger partial charge >= 0.3 is 0 Å². The van der Waals surface area contributed by atoms with Gasteiger partial charge in [0.1, 0.15) is 5.60 Å². The first-order valence-corrected chi connectivity index (χ1v) is 3.64. The van der Waals surface area contributed by atoms with E-state index in [-0.39, 0.29) is 0 Å². The zero-order valence-electron chi connectivity index (χ0n) is 7.15. The largest absolute Gasteiger partial charge is 0.392 e. The first-order valence-electron chi connectivity index (χ1n) is 3.64. The van der Waals surface area contributed by atoms with Gasteiger partial charge in [0.05, 0.1) is 18.2 Å². The maximum atomic E-state index is 9.50. The standard InChI is InChI=1S/C7H17NO3/c1-4(9)6(8)7(3,11)5(2)10/h4-6,9-11H,8H2,1-3H3. The van der Waals surface area contributed by atoms with Gasteiger partial charge in [-0.25, -0.2) is 0 Å². The molecular weight excluding hydrogens is 146 g/mol. The van der Waals surface area contributed by atoms with Crippen molar-refractivity contribution in [3.05, 3.63) is 0 Å². The van der Waals surface area contributed by atoms with E-state index in [1.165, 1.54) is 20.8 Å². The van der Waals surface area contributed by atoms with Gasteiger partial charge in [0.15, 0.2) is 0 Å². The minimum Gasteiger partial charge on any atom is -0.392 e. The van der Waals surface area contributed by atoms with Gasteiger partial charge in [-0.05, 0) is 20.8 Å². The lowest BCUT2D eigenvalue weighted by Gasteiger charge is -2.34.